The van der Waals surface area contributed by atoms with Crippen molar-refractivity contribution in [2.75, 3.05) is 13.1 Å². The summed E-state index contributed by atoms with van der Waals surface area (Å²) in [5.41, 5.74) is 0. The minimum Gasteiger partial charge on any atom is -0.480 e. The normalized spacial score (nSPS) is 32.6. The molecule has 2 bridgehead atoms. The molecule has 0 amide bonds. The van der Waals surface area contributed by atoms with Crippen LogP contribution >= 0.6 is 0 Å². The van der Waals surface area contributed by atoms with Crippen molar-refractivity contribution in [1.29, 1.82) is 0 Å². The lowest BCUT2D eigenvalue weighted by Gasteiger charge is -2.32. The zero-order valence-corrected chi connectivity index (χ0v) is 9.81. The average Bonchev–Trinajstić information content (AvgIpc) is 2.56. The maximum absolute atomic E-state index is 11.9. The van der Waals surface area contributed by atoms with Gasteiger partial charge in [0, 0.05) is 13.1 Å². The van der Waals surface area contributed by atoms with Crippen LogP contribution in [-0.4, -0.2) is 54.3 Å². The van der Waals surface area contributed by atoms with E-state index in [0.29, 0.717) is 0 Å². The number of carbonyl (C=O) groups is 1. The van der Waals surface area contributed by atoms with Gasteiger partial charge in [0.1, 0.15) is 0 Å². The Hall–Kier alpha value is -0.660. The minimum atomic E-state index is -3.73. The SMILES string of the molecule is CC(C(=O)O)S(=O)(=O)N1CC2CCC(C1)O2. The number of hydrogen-bond acceptors (Lipinski definition) is 4. The topological polar surface area (TPSA) is 83.9 Å². The second-order valence-corrected chi connectivity index (χ2v) is 6.55. The molecule has 3 atom stereocenters. The zero-order chi connectivity index (χ0) is 11.9. The number of aliphatic carboxylic acids is 1. The molecule has 6 nitrogen and oxygen atoms in total. The Labute approximate surface area is 94.2 Å². The van der Waals surface area contributed by atoms with Crippen LogP contribution in [-0.2, 0) is 19.6 Å². The van der Waals surface area contributed by atoms with Crippen molar-refractivity contribution < 1.29 is 23.1 Å². The lowest BCUT2D eigenvalue weighted by molar-refractivity contribution is -0.136. The molecule has 0 aromatic carbocycles. The highest BCUT2D eigenvalue weighted by atomic mass is 32.2. The Morgan fingerprint density at radius 2 is 1.88 bits per heavy atom. The van der Waals surface area contributed by atoms with Crippen LogP contribution in [0.5, 0.6) is 0 Å². The summed E-state index contributed by atoms with van der Waals surface area (Å²) >= 11 is 0. The molecule has 2 fully saturated rings. The fourth-order valence-electron chi connectivity index (χ4n) is 2.14. The highest BCUT2D eigenvalue weighted by Crippen LogP contribution is 2.28. The summed E-state index contributed by atoms with van der Waals surface area (Å²) in [4.78, 5) is 10.7. The molecule has 0 aromatic rings. The molecule has 0 aliphatic carbocycles. The van der Waals surface area contributed by atoms with Crippen LogP contribution in [0, 0.1) is 0 Å². The average molecular weight is 249 g/mol. The molecule has 0 radical (unpaired) electrons. The van der Waals surface area contributed by atoms with Crippen LogP contribution in [0.2, 0.25) is 0 Å². The van der Waals surface area contributed by atoms with Gasteiger partial charge in [0.15, 0.2) is 5.25 Å². The van der Waals surface area contributed by atoms with Gasteiger partial charge in [-0.15, -0.1) is 0 Å². The minimum absolute atomic E-state index is 0.0606. The largest absolute Gasteiger partial charge is 0.480 e. The Morgan fingerprint density at radius 3 is 2.31 bits per heavy atom. The fourth-order valence-corrected chi connectivity index (χ4v) is 3.59. The van der Waals surface area contributed by atoms with Gasteiger partial charge in [-0.3, -0.25) is 4.79 Å². The van der Waals surface area contributed by atoms with E-state index in [1.807, 2.05) is 0 Å². The molecular weight excluding hydrogens is 234 g/mol. The molecule has 0 spiro atoms. The van der Waals surface area contributed by atoms with Crippen molar-refractivity contribution in [3.63, 3.8) is 0 Å². The maximum Gasteiger partial charge on any atom is 0.323 e. The molecule has 2 saturated heterocycles. The quantitative estimate of drug-likeness (QED) is 0.739. The number of carboxylic acid groups (broad SMARTS) is 1. The summed E-state index contributed by atoms with van der Waals surface area (Å²) in [5.74, 6) is -1.31. The number of carboxylic acids is 1. The molecule has 0 saturated carbocycles. The van der Waals surface area contributed by atoms with Crippen molar-refractivity contribution >= 4 is 16.0 Å². The third-order valence-electron chi connectivity index (χ3n) is 3.16. The molecule has 3 unspecified atom stereocenters. The van der Waals surface area contributed by atoms with E-state index < -0.39 is 21.2 Å². The predicted octanol–water partition coefficient (Wildman–Crippen LogP) is -0.348. The molecule has 2 aliphatic heterocycles. The van der Waals surface area contributed by atoms with Gasteiger partial charge in [0.25, 0.3) is 0 Å². The maximum atomic E-state index is 11.9. The van der Waals surface area contributed by atoms with Crippen LogP contribution < -0.4 is 0 Å². The summed E-state index contributed by atoms with van der Waals surface area (Å²) in [6, 6.07) is 0. The number of nitrogens with zero attached hydrogens (tertiary/aromatic N) is 1. The predicted molar refractivity (Wildman–Crippen MR) is 55.5 cm³/mol. The molecular formula is C9H15NO5S. The van der Waals surface area contributed by atoms with Crippen LogP contribution in [0.15, 0.2) is 0 Å². The summed E-state index contributed by atoms with van der Waals surface area (Å²) in [5, 5.41) is 7.37. The van der Waals surface area contributed by atoms with E-state index in [9.17, 15) is 13.2 Å². The third-order valence-corrected chi connectivity index (χ3v) is 5.28. The van der Waals surface area contributed by atoms with Gasteiger partial charge in [-0.2, -0.15) is 4.31 Å². The summed E-state index contributed by atoms with van der Waals surface area (Å²) < 4.78 is 30.6. The van der Waals surface area contributed by atoms with E-state index in [-0.39, 0.29) is 25.3 Å². The van der Waals surface area contributed by atoms with E-state index in [1.54, 1.807) is 0 Å². The second-order valence-electron chi connectivity index (χ2n) is 4.30. The van der Waals surface area contributed by atoms with Crippen LogP contribution in [0.25, 0.3) is 0 Å². The summed E-state index contributed by atoms with van der Waals surface area (Å²) in [6.45, 7) is 1.78. The lowest BCUT2D eigenvalue weighted by Crippen LogP contribution is -2.50. The fraction of sp³-hybridized carbons (Fsp3) is 0.889. The third kappa shape index (κ3) is 1.94. The molecule has 92 valence electrons. The Balaban J connectivity index is 2.15. The first kappa shape index (κ1) is 11.8. The van der Waals surface area contributed by atoms with Crippen LogP contribution in [0.1, 0.15) is 19.8 Å². The first-order chi connectivity index (χ1) is 7.41. The highest BCUT2D eigenvalue weighted by Gasteiger charge is 2.42. The van der Waals surface area contributed by atoms with E-state index >= 15 is 0 Å². The van der Waals surface area contributed by atoms with Crippen molar-refractivity contribution in [2.45, 2.75) is 37.2 Å². The van der Waals surface area contributed by atoms with E-state index in [2.05, 4.69) is 0 Å². The number of ether oxygens (including phenoxy) is 1. The van der Waals surface area contributed by atoms with Crippen LogP contribution in [0.4, 0.5) is 0 Å². The molecule has 16 heavy (non-hydrogen) atoms. The van der Waals surface area contributed by atoms with Gasteiger partial charge in [-0.05, 0) is 19.8 Å². The van der Waals surface area contributed by atoms with Crippen molar-refractivity contribution in [2.24, 2.45) is 0 Å². The summed E-state index contributed by atoms with van der Waals surface area (Å²) in [7, 11) is -3.73. The molecule has 0 aromatic heterocycles. The smallest absolute Gasteiger partial charge is 0.323 e. The number of morpholine rings is 1. The van der Waals surface area contributed by atoms with Crippen LogP contribution in [0.3, 0.4) is 0 Å². The number of sulfonamides is 1. The zero-order valence-electron chi connectivity index (χ0n) is 9.00. The number of rotatable bonds is 3. The Bertz CT molecular complexity index is 381. The highest BCUT2D eigenvalue weighted by molar-refractivity contribution is 7.90. The van der Waals surface area contributed by atoms with E-state index in [1.165, 1.54) is 11.2 Å². The molecule has 1 N–H and O–H groups in total. The number of fused-ring (bicyclic) bond motifs is 2. The van der Waals surface area contributed by atoms with E-state index in [0.717, 1.165) is 12.8 Å². The molecule has 2 rings (SSSR count). The lowest BCUT2D eigenvalue weighted by atomic mass is 10.2. The summed E-state index contributed by atoms with van der Waals surface area (Å²) in [6.07, 6.45) is 1.60. The Morgan fingerprint density at radius 1 is 1.38 bits per heavy atom. The van der Waals surface area contributed by atoms with Gasteiger partial charge in [-0.1, -0.05) is 0 Å². The van der Waals surface area contributed by atoms with Gasteiger partial charge in [-0.25, -0.2) is 8.42 Å². The van der Waals surface area contributed by atoms with Gasteiger partial charge in [0.05, 0.1) is 12.2 Å². The van der Waals surface area contributed by atoms with E-state index in [4.69, 9.17) is 9.84 Å². The molecule has 7 heteroatoms. The van der Waals surface area contributed by atoms with Gasteiger partial charge < -0.3 is 9.84 Å². The Kier molecular flexibility index (Phi) is 2.93. The first-order valence-corrected chi connectivity index (χ1v) is 6.79. The van der Waals surface area contributed by atoms with Crippen molar-refractivity contribution in [3.8, 4) is 0 Å². The molecule has 2 heterocycles. The second kappa shape index (κ2) is 3.97. The monoisotopic (exact) mass is 249 g/mol. The van der Waals surface area contributed by atoms with Crippen molar-refractivity contribution in [3.05, 3.63) is 0 Å². The van der Waals surface area contributed by atoms with Gasteiger partial charge in [0.2, 0.25) is 10.0 Å². The standard InChI is InChI=1S/C9H15NO5S/c1-6(9(11)12)16(13,14)10-4-7-2-3-8(5-10)15-7/h6-8H,2-5H2,1H3,(H,11,12). The number of hydrogen-bond donors (Lipinski definition) is 1. The van der Waals surface area contributed by atoms with Crippen molar-refractivity contribution in [1.82, 2.24) is 4.31 Å². The molecule has 2 aliphatic rings. The first-order valence-electron chi connectivity index (χ1n) is 5.28. The van der Waals surface area contributed by atoms with Gasteiger partial charge >= 0.3 is 5.97 Å².